The summed E-state index contributed by atoms with van der Waals surface area (Å²) in [7, 11) is -1.87. The first-order chi connectivity index (χ1) is 11.8. The molecule has 7 heteroatoms. The molecule has 0 saturated carbocycles. The van der Waals surface area contributed by atoms with Gasteiger partial charge in [0.15, 0.2) is 8.32 Å². The average Bonchev–Trinajstić information content (AvgIpc) is 2.45. The molecule has 0 saturated heterocycles. The van der Waals surface area contributed by atoms with E-state index in [9.17, 15) is 4.79 Å². The Morgan fingerprint density at radius 1 is 1.08 bits per heavy atom. The van der Waals surface area contributed by atoms with Gasteiger partial charge >= 0.3 is 6.09 Å². The largest absolute Gasteiger partial charge is 0.444 e. The van der Waals surface area contributed by atoms with Gasteiger partial charge in [0.1, 0.15) is 5.60 Å². The monoisotopic (exact) mass is 408 g/mol. The molecular weight excluding hydrogens is 368 g/mol. The van der Waals surface area contributed by atoms with E-state index in [4.69, 9.17) is 20.8 Å². The van der Waals surface area contributed by atoms with Gasteiger partial charge in [-0.2, -0.15) is 0 Å². The number of ether oxygens (including phenoxy) is 1. The van der Waals surface area contributed by atoms with Crippen LogP contribution in [0.15, 0.2) is 0 Å². The molecular formula is C19H41ClN2O3Si. The summed E-state index contributed by atoms with van der Waals surface area (Å²) in [5.41, 5.74) is -0.510. The number of carbonyl (C=O) groups excluding carboxylic acids is 1. The van der Waals surface area contributed by atoms with Gasteiger partial charge in [0, 0.05) is 12.4 Å². The molecule has 0 spiro atoms. The molecule has 0 fully saturated rings. The molecule has 156 valence electrons. The van der Waals surface area contributed by atoms with Crippen molar-refractivity contribution >= 4 is 26.0 Å². The van der Waals surface area contributed by atoms with Crippen LogP contribution in [0.5, 0.6) is 0 Å². The van der Waals surface area contributed by atoms with E-state index in [2.05, 4.69) is 44.5 Å². The Bertz CT molecular complexity index is 407. The Balaban J connectivity index is 4.60. The fourth-order valence-electron chi connectivity index (χ4n) is 1.95. The number of unbranched alkanes of at least 4 members (excludes halogenated alkanes) is 2. The van der Waals surface area contributed by atoms with Crippen LogP contribution in [0.1, 0.15) is 60.8 Å². The standard InChI is InChI=1S/C19H41ClN2O3Si/c1-18(2,3)25-17(23)22-16(14-21-13-11-9-10-12-20)15-24-26(7,8)19(4,5)6/h16,21H,9-15H2,1-8H3,(H,22,23)/t16-/m0/s1. The lowest BCUT2D eigenvalue weighted by molar-refractivity contribution is 0.0485. The van der Waals surface area contributed by atoms with Crippen LogP contribution >= 0.6 is 11.6 Å². The van der Waals surface area contributed by atoms with Crippen molar-refractivity contribution in [1.29, 1.82) is 0 Å². The van der Waals surface area contributed by atoms with Crippen molar-refractivity contribution in [2.45, 2.75) is 90.6 Å². The fraction of sp³-hybridized carbons (Fsp3) is 0.947. The Labute approximate surface area is 167 Å². The van der Waals surface area contributed by atoms with Crippen LogP contribution in [0.25, 0.3) is 0 Å². The van der Waals surface area contributed by atoms with E-state index in [1.165, 1.54) is 0 Å². The maximum atomic E-state index is 12.1. The van der Waals surface area contributed by atoms with E-state index >= 15 is 0 Å². The van der Waals surface area contributed by atoms with Crippen molar-refractivity contribution < 1.29 is 14.0 Å². The van der Waals surface area contributed by atoms with Gasteiger partial charge in [-0.1, -0.05) is 27.2 Å². The Morgan fingerprint density at radius 3 is 2.19 bits per heavy atom. The molecule has 0 heterocycles. The summed E-state index contributed by atoms with van der Waals surface area (Å²) in [4.78, 5) is 12.1. The van der Waals surface area contributed by atoms with Gasteiger partial charge in [-0.15, -0.1) is 11.6 Å². The highest BCUT2D eigenvalue weighted by Crippen LogP contribution is 2.36. The Hall–Kier alpha value is -0.303. The van der Waals surface area contributed by atoms with Crippen LogP contribution < -0.4 is 10.6 Å². The number of rotatable bonds is 11. The predicted molar refractivity (Wildman–Crippen MR) is 114 cm³/mol. The number of nitrogens with one attached hydrogen (secondary N) is 2. The number of hydrogen-bond acceptors (Lipinski definition) is 4. The summed E-state index contributed by atoms with van der Waals surface area (Å²) in [5.74, 6) is 0.711. The highest BCUT2D eigenvalue weighted by atomic mass is 35.5. The van der Waals surface area contributed by atoms with Crippen molar-refractivity contribution in [3.8, 4) is 0 Å². The third-order valence-electron chi connectivity index (χ3n) is 4.55. The predicted octanol–water partition coefficient (Wildman–Crippen LogP) is 4.90. The lowest BCUT2D eigenvalue weighted by Crippen LogP contribution is -2.50. The molecule has 1 amide bonds. The topological polar surface area (TPSA) is 59.6 Å². The lowest BCUT2D eigenvalue weighted by Gasteiger charge is -2.37. The average molecular weight is 409 g/mol. The van der Waals surface area contributed by atoms with Crippen molar-refractivity contribution in [2.24, 2.45) is 0 Å². The summed E-state index contributed by atoms with van der Waals surface area (Å²) >= 11 is 5.70. The van der Waals surface area contributed by atoms with Gasteiger partial charge < -0.3 is 19.8 Å². The molecule has 0 aromatic carbocycles. The number of alkyl carbamates (subject to hydrolysis) is 1. The second kappa shape index (κ2) is 11.5. The second-order valence-electron chi connectivity index (χ2n) is 9.37. The Kier molecular flexibility index (Phi) is 11.4. The summed E-state index contributed by atoms with van der Waals surface area (Å²) in [5, 5.41) is 6.50. The van der Waals surface area contributed by atoms with Crippen LogP contribution in [-0.4, -0.2) is 51.6 Å². The molecule has 0 aliphatic rings. The molecule has 5 nitrogen and oxygen atoms in total. The molecule has 0 aliphatic heterocycles. The van der Waals surface area contributed by atoms with Crippen LogP contribution in [-0.2, 0) is 9.16 Å². The third kappa shape index (κ3) is 12.2. The van der Waals surface area contributed by atoms with Gasteiger partial charge in [-0.25, -0.2) is 4.79 Å². The zero-order valence-corrected chi connectivity index (χ0v) is 19.9. The summed E-state index contributed by atoms with van der Waals surface area (Å²) in [6, 6.07) is -0.119. The Morgan fingerprint density at radius 2 is 1.69 bits per heavy atom. The highest BCUT2D eigenvalue weighted by molar-refractivity contribution is 6.74. The van der Waals surface area contributed by atoms with Crippen LogP contribution in [0.4, 0.5) is 4.79 Å². The zero-order valence-electron chi connectivity index (χ0n) is 18.1. The SMILES string of the molecule is CC(C)(C)OC(=O)N[C@@H](CNCCCCCCl)CO[Si](C)(C)C(C)(C)C. The maximum absolute atomic E-state index is 12.1. The molecule has 2 N–H and O–H groups in total. The van der Waals surface area contributed by atoms with Crippen molar-refractivity contribution in [1.82, 2.24) is 10.6 Å². The van der Waals surface area contributed by atoms with E-state index in [1.807, 2.05) is 20.8 Å². The summed E-state index contributed by atoms with van der Waals surface area (Å²) < 4.78 is 11.7. The van der Waals surface area contributed by atoms with Gasteiger partial charge in [-0.05, 0) is 58.3 Å². The minimum Gasteiger partial charge on any atom is -0.444 e. The molecule has 0 aromatic rings. The molecule has 0 aromatic heterocycles. The normalized spacial score (nSPS) is 14.2. The first kappa shape index (κ1) is 25.7. The van der Waals surface area contributed by atoms with Crippen LogP contribution in [0.2, 0.25) is 18.1 Å². The van der Waals surface area contributed by atoms with Crippen molar-refractivity contribution in [3.63, 3.8) is 0 Å². The smallest absolute Gasteiger partial charge is 0.407 e. The van der Waals surface area contributed by atoms with E-state index in [0.29, 0.717) is 19.0 Å². The van der Waals surface area contributed by atoms with E-state index in [1.54, 1.807) is 0 Å². The number of amides is 1. The van der Waals surface area contributed by atoms with E-state index in [0.717, 1.165) is 25.8 Å². The van der Waals surface area contributed by atoms with Crippen LogP contribution in [0, 0.1) is 0 Å². The zero-order chi connectivity index (χ0) is 20.4. The molecule has 0 aliphatic carbocycles. The van der Waals surface area contributed by atoms with Gasteiger partial charge in [0.05, 0.1) is 12.6 Å². The van der Waals surface area contributed by atoms with E-state index in [-0.39, 0.29) is 11.1 Å². The molecule has 0 unspecified atom stereocenters. The molecule has 1 atom stereocenters. The third-order valence-corrected chi connectivity index (χ3v) is 9.32. The maximum Gasteiger partial charge on any atom is 0.407 e. The number of halogens is 1. The molecule has 0 bridgehead atoms. The number of alkyl halides is 1. The fourth-order valence-corrected chi connectivity index (χ4v) is 3.19. The minimum absolute atomic E-state index is 0.119. The van der Waals surface area contributed by atoms with Crippen molar-refractivity contribution in [2.75, 3.05) is 25.6 Å². The summed E-state index contributed by atoms with van der Waals surface area (Å²) in [6.45, 7) is 18.7. The molecule has 0 rings (SSSR count). The summed E-state index contributed by atoms with van der Waals surface area (Å²) in [6.07, 6.45) is 2.83. The quantitative estimate of drug-likeness (QED) is 0.290. The van der Waals surface area contributed by atoms with Gasteiger partial charge in [0.25, 0.3) is 0 Å². The van der Waals surface area contributed by atoms with Gasteiger partial charge in [-0.3, -0.25) is 0 Å². The van der Waals surface area contributed by atoms with Crippen molar-refractivity contribution in [3.05, 3.63) is 0 Å². The second-order valence-corrected chi connectivity index (χ2v) is 14.6. The lowest BCUT2D eigenvalue weighted by atomic mass is 10.2. The first-order valence-electron chi connectivity index (χ1n) is 9.68. The van der Waals surface area contributed by atoms with Gasteiger partial charge in [0.2, 0.25) is 0 Å². The van der Waals surface area contributed by atoms with Crippen LogP contribution in [0.3, 0.4) is 0 Å². The van der Waals surface area contributed by atoms with E-state index < -0.39 is 20.0 Å². The molecule has 0 radical (unpaired) electrons. The number of carbonyl (C=O) groups is 1. The first-order valence-corrected chi connectivity index (χ1v) is 13.1. The minimum atomic E-state index is -1.87. The molecule has 26 heavy (non-hydrogen) atoms. The number of hydrogen-bond donors (Lipinski definition) is 2. The highest BCUT2D eigenvalue weighted by Gasteiger charge is 2.37.